The van der Waals surface area contributed by atoms with Gasteiger partial charge < -0.3 is 5.73 Å². The van der Waals surface area contributed by atoms with E-state index < -0.39 is 0 Å². The first kappa shape index (κ1) is 12.6. The van der Waals surface area contributed by atoms with Gasteiger partial charge in [-0.25, -0.2) is 0 Å². The quantitative estimate of drug-likeness (QED) is 0.871. The first-order valence-corrected chi connectivity index (χ1v) is 6.52. The van der Waals surface area contributed by atoms with Gasteiger partial charge in [0.1, 0.15) is 0 Å². The minimum absolute atomic E-state index is 0.138. The zero-order valence-corrected chi connectivity index (χ0v) is 11.8. The van der Waals surface area contributed by atoms with Crippen LogP contribution in [0.1, 0.15) is 22.7 Å². The highest BCUT2D eigenvalue weighted by Crippen LogP contribution is 2.25. The molecule has 17 heavy (non-hydrogen) atoms. The number of nitrogens with two attached hydrogens (primary N) is 1. The number of rotatable bonds is 2. The van der Waals surface area contributed by atoms with Gasteiger partial charge in [-0.05, 0) is 41.8 Å². The average molecular weight is 311 g/mol. The first-order valence-electron chi connectivity index (χ1n) is 5.35. The van der Waals surface area contributed by atoms with E-state index >= 15 is 0 Å². The summed E-state index contributed by atoms with van der Waals surface area (Å²) in [7, 11) is 0. The summed E-state index contributed by atoms with van der Waals surface area (Å²) >= 11 is 9.45. The monoisotopic (exact) mass is 309 g/mol. The molecule has 2 aromatic carbocycles. The highest BCUT2D eigenvalue weighted by atomic mass is 79.9. The van der Waals surface area contributed by atoms with Crippen molar-refractivity contribution < 1.29 is 0 Å². The maximum Gasteiger partial charge on any atom is 0.0552 e. The van der Waals surface area contributed by atoms with Gasteiger partial charge in [0.2, 0.25) is 0 Å². The highest BCUT2D eigenvalue weighted by molar-refractivity contribution is 9.10. The zero-order valence-electron chi connectivity index (χ0n) is 9.45. The average Bonchev–Trinajstić information content (AvgIpc) is 2.32. The van der Waals surface area contributed by atoms with Gasteiger partial charge in [-0.15, -0.1) is 0 Å². The van der Waals surface area contributed by atoms with Gasteiger partial charge in [0.15, 0.2) is 0 Å². The van der Waals surface area contributed by atoms with Crippen LogP contribution in [0.2, 0.25) is 5.02 Å². The van der Waals surface area contributed by atoms with Crippen LogP contribution in [0.3, 0.4) is 0 Å². The van der Waals surface area contributed by atoms with E-state index in [9.17, 15) is 0 Å². The highest BCUT2D eigenvalue weighted by Gasteiger charge is 2.10. The predicted octanol–water partition coefficient (Wildman–Crippen LogP) is 4.46. The Morgan fingerprint density at radius 2 is 1.82 bits per heavy atom. The molecule has 0 bridgehead atoms. The van der Waals surface area contributed by atoms with E-state index in [4.69, 9.17) is 17.3 Å². The molecule has 0 amide bonds. The van der Waals surface area contributed by atoms with Crippen LogP contribution in [0.25, 0.3) is 0 Å². The SMILES string of the molecule is Cc1cc(C(N)c2cccc(Cl)c2)ccc1Br. The zero-order chi connectivity index (χ0) is 12.4. The van der Waals surface area contributed by atoms with Crippen molar-refractivity contribution in [3.8, 4) is 0 Å². The van der Waals surface area contributed by atoms with E-state index in [1.165, 1.54) is 5.56 Å². The Bertz CT molecular complexity index is 539. The Labute approximate surface area is 115 Å². The minimum Gasteiger partial charge on any atom is -0.320 e. The number of benzene rings is 2. The molecule has 1 nitrogen and oxygen atoms in total. The smallest absolute Gasteiger partial charge is 0.0552 e. The van der Waals surface area contributed by atoms with E-state index in [0.29, 0.717) is 5.02 Å². The molecule has 0 heterocycles. The minimum atomic E-state index is -0.138. The second kappa shape index (κ2) is 5.21. The lowest BCUT2D eigenvalue weighted by atomic mass is 9.98. The van der Waals surface area contributed by atoms with Crippen LogP contribution in [-0.2, 0) is 0 Å². The molecule has 2 N–H and O–H groups in total. The Kier molecular flexibility index (Phi) is 3.87. The van der Waals surface area contributed by atoms with Crippen LogP contribution < -0.4 is 5.73 Å². The van der Waals surface area contributed by atoms with Crippen molar-refractivity contribution in [2.45, 2.75) is 13.0 Å². The molecule has 0 aliphatic carbocycles. The lowest BCUT2D eigenvalue weighted by Gasteiger charge is -2.14. The summed E-state index contributed by atoms with van der Waals surface area (Å²) in [5, 5.41) is 0.715. The lowest BCUT2D eigenvalue weighted by molar-refractivity contribution is 0.869. The summed E-state index contributed by atoms with van der Waals surface area (Å²) in [6, 6.07) is 13.7. The number of hydrogen-bond donors (Lipinski definition) is 1. The molecule has 0 aliphatic rings. The van der Waals surface area contributed by atoms with E-state index in [1.807, 2.05) is 36.4 Å². The second-order valence-corrected chi connectivity index (χ2v) is 5.33. The summed E-state index contributed by atoms with van der Waals surface area (Å²) in [4.78, 5) is 0. The maximum absolute atomic E-state index is 6.23. The molecule has 0 spiro atoms. The van der Waals surface area contributed by atoms with Crippen LogP contribution in [-0.4, -0.2) is 0 Å². The van der Waals surface area contributed by atoms with E-state index in [-0.39, 0.29) is 6.04 Å². The first-order chi connectivity index (χ1) is 8.08. The number of hydrogen-bond acceptors (Lipinski definition) is 1. The fourth-order valence-electron chi connectivity index (χ4n) is 1.75. The molecule has 0 radical (unpaired) electrons. The molecule has 3 heteroatoms. The van der Waals surface area contributed by atoms with Gasteiger partial charge in [-0.2, -0.15) is 0 Å². The standard InChI is InChI=1S/C14H13BrClN/c1-9-7-11(5-6-13(9)15)14(17)10-3-2-4-12(16)8-10/h2-8,14H,17H2,1H3. The third-order valence-electron chi connectivity index (χ3n) is 2.75. The molecule has 2 aromatic rings. The molecular formula is C14H13BrClN. The van der Waals surface area contributed by atoms with Crippen LogP contribution in [0.5, 0.6) is 0 Å². The van der Waals surface area contributed by atoms with Gasteiger partial charge in [-0.1, -0.05) is 51.8 Å². The van der Waals surface area contributed by atoms with E-state index in [1.54, 1.807) is 0 Å². The normalized spacial score (nSPS) is 12.5. The van der Waals surface area contributed by atoms with Crippen LogP contribution in [0, 0.1) is 6.92 Å². The summed E-state index contributed by atoms with van der Waals surface area (Å²) < 4.78 is 1.10. The molecule has 0 aromatic heterocycles. The van der Waals surface area contributed by atoms with Crippen molar-refractivity contribution in [2.24, 2.45) is 5.73 Å². The van der Waals surface area contributed by atoms with Crippen molar-refractivity contribution in [3.05, 3.63) is 68.7 Å². The molecular weight excluding hydrogens is 298 g/mol. The summed E-state index contributed by atoms with van der Waals surface area (Å²) in [5.41, 5.74) is 9.53. The predicted molar refractivity (Wildman–Crippen MR) is 76.4 cm³/mol. The Morgan fingerprint density at radius 1 is 1.12 bits per heavy atom. The third-order valence-corrected chi connectivity index (χ3v) is 3.87. The molecule has 0 saturated heterocycles. The number of halogens is 2. The Balaban J connectivity index is 2.36. The number of aryl methyl sites for hydroxylation is 1. The van der Waals surface area contributed by atoms with Crippen LogP contribution >= 0.6 is 27.5 Å². The van der Waals surface area contributed by atoms with Gasteiger partial charge in [0, 0.05) is 9.50 Å². The van der Waals surface area contributed by atoms with Gasteiger partial charge in [-0.3, -0.25) is 0 Å². The molecule has 88 valence electrons. The fourth-order valence-corrected chi connectivity index (χ4v) is 2.20. The van der Waals surface area contributed by atoms with E-state index in [0.717, 1.165) is 15.6 Å². The Morgan fingerprint density at radius 3 is 2.47 bits per heavy atom. The third kappa shape index (κ3) is 2.89. The maximum atomic E-state index is 6.23. The molecule has 1 atom stereocenters. The van der Waals surface area contributed by atoms with E-state index in [2.05, 4.69) is 28.9 Å². The van der Waals surface area contributed by atoms with Crippen LogP contribution in [0.4, 0.5) is 0 Å². The largest absolute Gasteiger partial charge is 0.320 e. The summed E-state index contributed by atoms with van der Waals surface area (Å²) in [5.74, 6) is 0. The van der Waals surface area contributed by atoms with Crippen LogP contribution in [0.15, 0.2) is 46.9 Å². The molecule has 0 saturated carbocycles. The summed E-state index contributed by atoms with van der Waals surface area (Å²) in [6.45, 7) is 2.05. The van der Waals surface area contributed by atoms with Crippen molar-refractivity contribution >= 4 is 27.5 Å². The van der Waals surface area contributed by atoms with Crippen molar-refractivity contribution in [1.82, 2.24) is 0 Å². The molecule has 1 unspecified atom stereocenters. The van der Waals surface area contributed by atoms with Gasteiger partial charge in [0.25, 0.3) is 0 Å². The summed E-state index contributed by atoms with van der Waals surface area (Å²) in [6.07, 6.45) is 0. The topological polar surface area (TPSA) is 26.0 Å². The fraction of sp³-hybridized carbons (Fsp3) is 0.143. The lowest BCUT2D eigenvalue weighted by Crippen LogP contribution is -2.11. The molecule has 0 aliphatic heterocycles. The molecule has 0 fully saturated rings. The van der Waals surface area contributed by atoms with Gasteiger partial charge in [0.05, 0.1) is 6.04 Å². The molecule has 2 rings (SSSR count). The Hall–Kier alpha value is -0.830. The van der Waals surface area contributed by atoms with Crippen molar-refractivity contribution in [2.75, 3.05) is 0 Å². The van der Waals surface area contributed by atoms with Crippen molar-refractivity contribution in [1.29, 1.82) is 0 Å². The second-order valence-electron chi connectivity index (χ2n) is 4.04. The van der Waals surface area contributed by atoms with Crippen molar-refractivity contribution in [3.63, 3.8) is 0 Å². The van der Waals surface area contributed by atoms with Gasteiger partial charge >= 0.3 is 0 Å².